The highest BCUT2D eigenvalue weighted by Crippen LogP contribution is 2.57. The summed E-state index contributed by atoms with van der Waals surface area (Å²) >= 11 is 0. The fourth-order valence-corrected chi connectivity index (χ4v) is 14.7. The smallest absolute Gasteiger partial charge is 0.491 e. The number of fused-ring (bicyclic) bond motifs is 3. The highest BCUT2D eigenvalue weighted by molar-refractivity contribution is 6.60. The lowest BCUT2D eigenvalue weighted by Gasteiger charge is -2.36. The molecule has 0 saturated carbocycles. The Morgan fingerprint density at radius 1 is 0.507 bits per heavy atom. The standard InChI is InChI=1S/C55H80O13Si3/c1-8-60-69(61-9-2)64-32-21-19-23-43-36-46(37-44(54(43)59-41-48-39-57-48)24-20-22-33-65-70(62-10-3)63-11-4)55(51-27-17-15-25-49(51)50-26-16-18-28-52(50)55)45-29-30-53(58-40-47-38-56-47)42(35-45)31-34-71(66-12-5,67-13-6)68-14-7/h15-18,25-30,35-37,47-48,69-70H,8-14,19-24,31-34,38-41H2,1-7H3. The van der Waals surface area contributed by atoms with Gasteiger partial charge in [-0.05, 0) is 150 Å². The van der Waals surface area contributed by atoms with Crippen LogP contribution in [0.25, 0.3) is 11.1 Å². The second-order valence-corrected chi connectivity index (χ2v) is 23.7. The molecule has 2 atom stereocenters. The molecule has 390 valence electrons. The number of rotatable bonds is 37. The third-order valence-electron chi connectivity index (χ3n) is 13.0. The van der Waals surface area contributed by atoms with E-state index >= 15 is 0 Å². The monoisotopic (exact) mass is 1030 g/mol. The third kappa shape index (κ3) is 14.7. The maximum Gasteiger partial charge on any atom is 0.501 e. The van der Waals surface area contributed by atoms with Crippen LogP contribution in [0.2, 0.25) is 6.04 Å². The van der Waals surface area contributed by atoms with E-state index in [0.29, 0.717) is 98.4 Å². The van der Waals surface area contributed by atoms with Gasteiger partial charge in [-0.2, -0.15) is 0 Å². The van der Waals surface area contributed by atoms with E-state index in [-0.39, 0.29) is 12.2 Å². The minimum atomic E-state index is -3.03. The van der Waals surface area contributed by atoms with Gasteiger partial charge in [0.05, 0.1) is 18.6 Å². The van der Waals surface area contributed by atoms with Gasteiger partial charge in [-0.1, -0.05) is 72.8 Å². The molecule has 16 heteroatoms. The highest BCUT2D eigenvalue weighted by atomic mass is 28.4. The summed E-state index contributed by atoms with van der Waals surface area (Å²) in [6.07, 6.45) is 5.89. The van der Waals surface area contributed by atoms with E-state index in [0.717, 1.165) is 61.2 Å². The van der Waals surface area contributed by atoms with E-state index in [1.165, 1.54) is 38.9 Å². The lowest BCUT2D eigenvalue weighted by molar-refractivity contribution is 0.0713. The van der Waals surface area contributed by atoms with Crippen LogP contribution >= 0.6 is 0 Å². The molecule has 4 aromatic carbocycles. The predicted molar refractivity (Wildman–Crippen MR) is 282 cm³/mol. The summed E-state index contributed by atoms with van der Waals surface area (Å²) in [5, 5.41) is 0. The van der Waals surface area contributed by atoms with Crippen LogP contribution in [0.1, 0.15) is 113 Å². The zero-order chi connectivity index (χ0) is 49.9. The van der Waals surface area contributed by atoms with E-state index < -0.39 is 33.3 Å². The van der Waals surface area contributed by atoms with Gasteiger partial charge in [0.2, 0.25) is 0 Å². The molecule has 0 N–H and O–H groups in total. The predicted octanol–water partition coefficient (Wildman–Crippen LogP) is 9.45. The molecule has 2 heterocycles. The van der Waals surface area contributed by atoms with Crippen LogP contribution in [0, 0.1) is 0 Å². The minimum absolute atomic E-state index is 0.0933. The first kappa shape index (κ1) is 55.4. The fraction of sp³-hybridized carbons (Fsp3) is 0.564. The number of hydrogen-bond donors (Lipinski definition) is 0. The first-order valence-corrected chi connectivity index (χ1v) is 31.2. The van der Waals surface area contributed by atoms with Crippen molar-refractivity contribution in [2.75, 3.05) is 85.9 Å². The number of aryl methyl sites for hydroxylation is 3. The van der Waals surface area contributed by atoms with E-state index in [1.807, 2.05) is 48.5 Å². The Hall–Kier alpha value is -3.31. The highest BCUT2D eigenvalue weighted by Gasteiger charge is 2.47. The van der Waals surface area contributed by atoms with Crippen molar-refractivity contribution in [3.8, 4) is 22.6 Å². The summed E-state index contributed by atoms with van der Waals surface area (Å²) in [6.45, 7) is 21.3. The van der Waals surface area contributed by atoms with Crippen molar-refractivity contribution in [1.29, 1.82) is 0 Å². The molecular formula is C55H80O13Si3. The molecule has 0 spiro atoms. The van der Waals surface area contributed by atoms with Crippen molar-refractivity contribution in [2.45, 2.75) is 117 Å². The summed E-state index contributed by atoms with van der Waals surface area (Å²) in [6, 6.07) is 30.1. The van der Waals surface area contributed by atoms with Gasteiger partial charge >= 0.3 is 27.9 Å². The van der Waals surface area contributed by atoms with E-state index in [1.54, 1.807) is 0 Å². The van der Waals surface area contributed by atoms with Crippen LogP contribution in [0.4, 0.5) is 0 Å². The molecule has 2 fully saturated rings. The molecule has 2 saturated heterocycles. The summed E-state index contributed by atoms with van der Waals surface area (Å²) in [5.74, 6) is 1.78. The molecule has 0 bridgehead atoms. The summed E-state index contributed by atoms with van der Waals surface area (Å²) in [5.41, 5.74) is 9.97. The number of unbranched alkanes of at least 4 members (excludes halogenated alkanes) is 2. The number of ether oxygens (including phenoxy) is 4. The zero-order valence-electron chi connectivity index (χ0n) is 43.5. The molecule has 13 nitrogen and oxygen atoms in total. The number of hydrogen-bond acceptors (Lipinski definition) is 13. The average Bonchev–Trinajstić information content (AvgIpc) is 4.33. The molecule has 2 aliphatic heterocycles. The zero-order valence-corrected chi connectivity index (χ0v) is 46.8. The van der Waals surface area contributed by atoms with Crippen molar-refractivity contribution >= 4 is 27.9 Å². The van der Waals surface area contributed by atoms with Gasteiger partial charge < -0.3 is 58.8 Å². The van der Waals surface area contributed by atoms with Crippen molar-refractivity contribution in [1.82, 2.24) is 0 Å². The topological polar surface area (TPSA) is 127 Å². The maximum absolute atomic E-state index is 6.90. The molecule has 1 aliphatic carbocycles. The molecule has 0 aromatic heterocycles. The van der Waals surface area contributed by atoms with Gasteiger partial charge in [0, 0.05) is 65.5 Å². The van der Waals surface area contributed by atoms with E-state index in [9.17, 15) is 0 Å². The summed E-state index contributed by atoms with van der Waals surface area (Å²) < 4.78 is 79.8. The normalized spacial score (nSPS) is 16.7. The van der Waals surface area contributed by atoms with Crippen molar-refractivity contribution < 1.29 is 58.8 Å². The SMILES string of the molecule is CCO[SiH](OCC)OCCCCc1cc(C2(c3ccc(OCC4CO4)c(CC[Si](OCC)(OCC)OCC)c3)c3ccccc3-c3ccccc32)cc(CCCCO[SiH](OCC)OCC)c1OCC1CO1. The van der Waals surface area contributed by atoms with Crippen molar-refractivity contribution in [2.24, 2.45) is 0 Å². The summed E-state index contributed by atoms with van der Waals surface area (Å²) in [7, 11) is -7.40. The van der Waals surface area contributed by atoms with Crippen LogP contribution in [0.5, 0.6) is 11.5 Å². The van der Waals surface area contributed by atoms with Crippen LogP contribution in [0.3, 0.4) is 0 Å². The minimum Gasteiger partial charge on any atom is -0.491 e. The quantitative estimate of drug-likeness (QED) is 0.0213. The van der Waals surface area contributed by atoms with Crippen molar-refractivity contribution in [3.63, 3.8) is 0 Å². The molecule has 0 radical (unpaired) electrons. The summed E-state index contributed by atoms with van der Waals surface area (Å²) in [4.78, 5) is 0. The third-order valence-corrected chi connectivity index (χ3v) is 19.4. The Morgan fingerprint density at radius 2 is 0.972 bits per heavy atom. The van der Waals surface area contributed by atoms with Crippen LogP contribution in [-0.2, 0) is 74.0 Å². The Morgan fingerprint density at radius 3 is 1.44 bits per heavy atom. The van der Waals surface area contributed by atoms with Gasteiger partial charge in [-0.15, -0.1) is 0 Å². The molecule has 2 unspecified atom stereocenters. The van der Waals surface area contributed by atoms with Gasteiger partial charge in [-0.25, -0.2) is 0 Å². The average molecular weight is 1030 g/mol. The molecule has 3 aliphatic rings. The fourth-order valence-electron chi connectivity index (χ4n) is 9.70. The molecule has 4 aromatic rings. The Balaban J connectivity index is 1.36. The Bertz CT molecular complexity index is 2100. The van der Waals surface area contributed by atoms with E-state index in [2.05, 4.69) is 78.9 Å². The van der Waals surface area contributed by atoms with Gasteiger partial charge in [0.1, 0.15) is 36.9 Å². The van der Waals surface area contributed by atoms with Crippen LogP contribution in [0.15, 0.2) is 78.9 Å². The Kier molecular flexibility index (Phi) is 22.2. The van der Waals surface area contributed by atoms with E-state index in [4.69, 9.17) is 58.8 Å². The molecule has 7 rings (SSSR count). The lowest BCUT2D eigenvalue weighted by atomic mass is 9.66. The second kappa shape index (κ2) is 28.4. The second-order valence-electron chi connectivity index (χ2n) is 17.9. The number of epoxide rings is 2. The molecule has 71 heavy (non-hydrogen) atoms. The molecular weight excluding hydrogens is 953 g/mol. The van der Waals surface area contributed by atoms with Crippen LogP contribution in [-0.4, -0.2) is 126 Å². The first-order chi connectivity index (χ1) is 34.9. The largest absolute Gasteiger partial charge is 0.501 e. The van der Waals surface area contributed by atoms with Crippen molar-refractivity contribution in [3.05, 3.63) is 118 Å². The number of benzene rings is 4. The van der Waals surface area contributed by atoms with Gasteiger partial charge in [0.15, 0.2) is 0 Å². The van der Waals surface area contributed by atoms with Gasteiger partial charge in [-0.3, -0.25) is 0 Å². The van der Waals surface area contributed by atoms with Crippen LogP contribution < -0.4 is 9.47 Å². The first-order valence-electron chi connectivity index (χ1n) is 26.5. The molecule has 0 amide bonds. The lowest BCUT2D eigenvalue weighted by Crippen LogP contribution is -2.46. The Labute approximate surface area is 428 Å². The maximum atomic E-state index is 6.90. The van der Waals surface area contributed by atoms with Gasteiger partial charge in [0.25, 0.3) is 0 Å².